The van der Waals surface area contributed by atoms with Gasteiger partial charge in [0.15, 0.2) is 0 Å². The molecule has 3 rings (SSSR count). The van der Waals surface area contributed by atoms with Gasteiger partial charge in [-0.15, -0.1) is 0 Å². The monoisotopic (exact) mass is 228 g/mol. The molecular formula is C15H20N2. The van der Waals surface area contributed by atoms with Gasteiger partial charge < -0.3 is 10.3 Å². The van der Waals surface area contributed by atoms with Gasteiger partial charge in [-0.05, 0) is 43.4 Å². The minimum atomic E-state index is 0.554. The van der Waals surface area contributed by atoms with Crippen LogP contribution in [0.15, 0.2) is 24.3 Å². The molecule has 0 amide bonds. The van der Waals surface area contributed by atoms with Crippen molar-refractivity contribution in [2.24, 2.45) is 12.8 Å². The van der Waals surface area contributed by atoms with Gasteiger partial charge in [-0.1, -0.05) is 24.6 Å². The van der Waals surface area contributed by atoms with Crippen LogP contribution in [0.1, 0.15) is 36.4 Å². The molecule has 90 valence electrons. The predicted octanol–water partition coefficient (Wildman–Crippen LogP) is 2.95. The lowest BCUT2D eigenvalue weighted by Gasteiger charge is -2.13. The molecule has 0 spiro atoms. The third kappa shape index (κ3) is 1.59. The van der Waals surface area contributed by atoms with Gasteiger partial charge in [0.25, 0.3) is 0 Å². The molecule has 1 aromatic heterocycles. The van der Waals surface area contributed by atoms with E-state index < -0.39 is 0 Å². The molecule has 2 aromatic rings. The SMILES string of the molecule is Cn1c2c(c3ccccc31)C(CN)CCCC2. The topological polar surface area (TPSA) is 30.9 Å². The number of aromatic nitrogens is 1. The maximum atomic E-state index is 5.98. The van der Waals surface area contributed by atoms with Gasteiger partial charge in [0, 0.05) is 23.6 Å². The molecule has 2 nitrogen and oxygen atoms in total. The van der Waals surface area contributed by atoms with E-state index in [1.807, 2.05) is 0 Å². The first kappa shape index (κ1) is 10.8. The number of fused-ring (bicyclic) bond motifs is 3. The van der Waals surface area contributed by atoms with E-state index in [9.17, 15) is 0 Å². The van der Waals surface area contributed by atoms with Crippen LogP contribution >= 0.6 is 0 Å². The zero-order chi connectivity index (χ0) is 11.8. The van der Waals surface area contributed by atoms with Crippen LogP contribution in [0, 0.1) is 0 Å². The number of benzene rings is 1. The third-order valence-electron chi connectivity index (χ3n) is 4.18. The van der Waals surface area contributed by atoms with E-state index >= 15 is 0 Å². The summed E-state index contributed by atoms with van der Waals surface area (Å²) < 4.78 is 2.37. The average Bonchev–Trinajstić information content (AvgIpc) is 2.55. The van der Waals surface area contributed by atoms with Crippen molar-refractivity contribution in [3.63, 3.8) is 0 Å². The van der Waals surface area contributed by atoms with E-state index in [2.05, 4.69) is 35.9 Å². The highest BCUT2D eigenvalue weighted by Gasteiger charge is 2.23. The molecule has 0 bridgehead atoms. The number of para-hydroxylation sites is 1. The Kier molecular flexibility index (Phi) is 2.67. The lowest BCUT2D eigenvalue weighted by Crippen LogP contribution is -2.12. The Morgan fingerprint density at radius 3 is 2.94 bits per heavy atom. The first-order valence-corrected chi connectivity index (χ1v) is 6.59. The molecule has 0 saturated heterocycles. The molecule has 1 aliphatic carbocycles. The first-order chi connectivity index (χ1) is 8.33. The summed E-state index contributed by atoms with van der Waals surface area (Å²) in [6.07, 6.45) is 5.06. The zero-order valence-electron chi connectivity index (χ0n) is 10.4. The fourth-order valence-corrected chi connectivity index (χ4v) is 3.30. The summed E-state index contributed by atoms with van der Waals surface area (Å²) in [4.78, 5) is 0. The molecule has 0 fully saturated rings. The standard InChI is InChI=1S/C15H20N2/c1-17-13-8-5-3-7-12(13)15-11(10-16)6-2-4-9-14(15)17/h3,5,7-8,11H,2,4,6,9-10,16H2,1H3. The van der Waals surface area contributed by atoms with Gasteiger partial charge in [0.05, 0.1) is 0 Å². The summed E-state index contributed by atoms with van der Waals surface area (Å²) in [5.41, 5.74) is 10.4. The minimum absolute atomic E-state index is 0.554. The van der Waals surface area contributed by atoms with Crippen LogP contribution in [-0.4, -0.2) is 11.1 Å². The molecule has 17 heavy (non-hydrogen) atoms. The minimum Gasteiger partial charge on any atom is -0.347 e. The summed E-state index contributed by atoms with van der Waals surface area (Å²) in [6.45, 7) is 0.779. The van der Waals surface area contributed by atoms with Crippen molar-refractivity contribution in [3.05, 3.63) is 35.5 Å². The average molecular weight is 228 g/mol. The van der Waals surface area contributed by atoms with E-state index in [1.54, 1.807) is 0 Å². The first-order valence-electron chi connectivity index (χ1n) is 6.59. The maximum Gasteiger partial charge on any atom is 0.0482 e. The Morgan fingerprint density at radius 1 is 1.29 bits per heavy atom. The second kappa shape index (κ2) is 4.19. The largest absolute Gasteiger partial charge is 0.347 e. The molecule has 0 saturated carbocycles. The molecule has 1 aliphatic rings. The van der Waals surface area contributed by atoms with E-state index in [-0.39, 0.29) is 0 Å². The number of hydrogen-bond acceptors (Lipinski definition) is 1. The Bertz CT molecular complexity index is 539. The van der Waals surface area contributed by atoms with Crippen molar-refractivity contribution in [2.45, 2.75) is 31.6 Å². The van der Waals surface area contributed by atoms with Crippen LogP contribution in [0.25, 0.3) is 10.9 Å². The number of nitrogens with zero attached hydrogens (tertiary/aromatic N) is 1. The third-order valence-corrected chi connectivity index (χ3v) is 4.18. The van der Waals surface area contributed by atoms with E-state index in [1.165, 1.54) is 47.8 Å². The molecule has 1 atom stereocenters. The summed E-state index contributed by atoms with van der Waals surface area (Å²) in [6, 6.07) is 8.74. The van der Waals surface area contributed by atoms with Gasteiger partial charge in [0.1, 0.15) is 0 Å². The van der Waals surface area contributed by atoms with Gasteiger partial charge in [0.2, 0.25) is 0 Å². The van der Waals surface area contributed by atoms with Crippen molar-refractivity contribution in [1.29, 1.82) is 0 Å². The Morgan fingerprint density at radius 2 is 2.12 bits per heavy atom. The molecule has 1 heterocycles. The molecule has 1 unspecified atom stereocenters. The van der Waals surface area contributed by atoms with Crippen LogP contribution in [0.4, 0.5) is 0 Å². The fourth-order valence-electron chi connectivity index (χ4n) is 3.30. The van der Waals surface area contributed by atoms with Gasteiger partial charge in [-0.3, -0.25) is 0 Å². The van der Waals surface area contributed by atoms with Crippen molar-refractivity contribution >= 4 is 10.9 Å². The van der Waals surface area contributed by atoms with Crippen LogP contribution in [0.3, 0.4) is 0 Å². The smallest absolute Gasteiger partial charge is 0.0482 e. The highest BCUT2D eigenvalue weighted by Crippen LogP contribution is 2.36. The van der Waals surface area contributed by atoms with Gasteiger partial charge in [-0.25, -0.2) is 0 Å². The summed E-state index contributed by atoms with van der Waals surface area (Å²) in [5, 5.41) is 1.42. The van der Waals surface area contributed by atoms with E-state index in [4.69, 9.17) is 5.73 Å². The molecule has 0 radical (unpaired) electrons. The lowest BCUT2D eigenvalue weighted by molar-refractivity contribution is 0.605. The highest BCUT2D eigenvalue weighted by molar-refractivity contribution is 5.86. The summed E-state index contributed by atoms with van der Waals surface area (Å²) in [5.74, 6) is 0.554. The summed E-state index contributed by atoms with van der Waals surface area (Å²) >= 11 is 0. The number of rotatable bonds is 1. The second-order valence-corrected chi connectivity index (χ2v) is 5.11. The number of hydrogen-bond donors (Lipinski definition) is 1. The maximum absolute atomic E-state index is 5.98. The lowest BCUT2D eigenvalue weighted by atomic mass is 9.94. The van der Waals surface area contributed by atoms with Gasteiger partial charge in [-0.2, -0.15) is 0 Å². The molecule has 2 N–H and O–H groups in total. The molecular weight excluding hydrogens is 208 g/mol. The normalized spacial score (nSPS) is 20.2. The van der Waals surface area contributed by atoms with Crippen molar-refractivity contribution in [2.75, 3.05) is 6.54 Å². The predicted molar refractivity (Wildman–Crippen MR) is 72.3 cm³/mol. The van der Waals surface area contributed by atoms with Crippen molar-refractivity contribution < 1.29 is 0 Å². The molecule has 1 aromatic carbocycles. The second-order valence-electron chi connectivity index (χ2n) is 5.11. The zero-order valence-corrected chi connectivity index (χ0v) is 10.4. The Hall–Kier alpha value is -1.28. The fraction of sp³-hybridized carbons (Fsp3) is 0.467. The molecule has 0 aliphatic heterocycles. The van der Waals surface area contributed by atoms with E-state index in [0.717, 1.165) is 6.54 Å². The Labute approximate surface area is 102 Å². The van der Waals surface area contributed by atoms with Crippen LogP contribution in [-0.2, 0) is 13.5 Å². The number of nitrogens with two attached hydrogens (primary N) is 1. The van der Waals surface area contributed by atoms with Gasteiger partial charge >= 0.3 is 0 Å². The Balaban J connectivity index is 2.30. The van der Waals surface area contributed by atoms with Crippen molar-refractivity contribution in [3.8, 4) is 0 Å². The van der Waals surface area contributed by atoms with E-state index in [0.29, 0.717) is 5.92 Å². The molecule has 2 heteroatoms. The van der Waals surface area contributed by atoms with Crippen molar-refractivity contribution in [1.82, 2.24) is 4.57 Å². The summed E-state index contributed by atoms with van der Waals surface area (Å²) in [7, 11) is 2.19. The highest BCUT2D eigenvalue weighted by atomic mass is 15.0. The number of aryl methyl sites for hydroxylation is 1. The quantitative estimate of drug-likeness (QED) is 0.747. The van der Waals surface area contributed by atoms with Crippen LogP contribution in [0.5, 0.6) is 0 Å². The van der Waals surface area contributed by atoms with Crippen LogP contribution < -0.4 is 5.73 Å². The van der Waals surface area contributed by atoms with Crippen LogP contribution in [0.2, 0.25) is 0 Å².